The van der Waals surface area contributed by atoms with E-state index in [1.165, 1.54) is 0 Å². The topological polar surface area (TPSA) is 71.7 Å². The Morgan fingerprint density at radius 3 is 2.68 bits per heavy atom. The number of rotatable bonds is 4. The van der Waals surface area contributed by atoms with Crippen LogP contribution in [0, 0.1) is 0 Å². The fourth-order valence-electron chi connectivity index (χ4n) is 4.27. The maximum atomic E-state index is 13.9. The first-order valence-electron chi connectivity index (χ1n) is 10.7. The number of carbonyl (C=O) groups is 1. The zero-order chi connectivity index (χ0) is 22.2. The molecule has 0 aromatic carbocycles. The van der Waals surface area contributed by atoms with Crippen LogP contribution in [0.1, 0.15) is 55.5 Å². The Hall–Kier alpha value is -2.20. The summed E-state index contributed by atoms with van der Waals surface area (Å²) < 4.78 is 52.2. The Morgan fingerprint density at radius 1 is 1.26 bits per heavy atom. The number of carbonyl (C=O) groups excluding carboxylic acids is 1. The number of pyridine rings is 1. The monoisotopic (exact) mass is 440 g/mol. The van der Waals surface area contributed by atoms with Crippen molar-refractivity contribution in [1.29, 1.82) is 0 Å². The van der Waals surface area contributed by atoms with E-state index in [1.807, 2.05) is 4.90 Å². The Morgan fingerprint density at radius 2 is 2.00 bits per heavy atom. The molecule has 2 fully saturated rings. The first-order valence-corrected chi connectivity index (χ1v) is 10.7. The molecule has 2 aromatic rings. The van der Waals surface area contributed by atoms with Crippen molar-refractivity contribution in [3.05, 3.63) is 23.0 Å². The van der Waals surface area contributed by atoms with Gasteiger partial charge in [0.25, 0.3) is 5.71 Å². The maximum absolute atomic E-state index is 13.9. The lowest BCUT2D eigenvalue weighted by atomic mass is 9.91. The molecule has 0 spiro atoms. The molecule has 31 heavy (non-hydrogen) atoms. The summed E-state index contributed by atoms with van der Waals surface area (Å²) in [4.78, 5) is 20.8. The van der Waals surface area contributed by atoms with Crippen LogP contribution >= 0.6 is 0 Å². The second-order valence-corrected chi connectivity index (χ2v) is 8.56. The minimum Gasteiger partial charge on any atom is -0.379 e. The lowest BCUT2D eigenvalue weighted by Crippen LogP contribution is -2.47. The van der Waals surface area contributed by atoms with Crippen LogP contribution in [-0.2, 0) is 15.7 Å². The number of alkyl halides is 3. The van der Waals surface area contributed by atoms with Gasteiger partial charge in [-0.25, -0.2) is 4.98 Å². The molecule has 170 valence electrons. The highest BCUT2D eigenvalue weighted by molar-refractivity contribution is 5.82. The number of morpholine rings is 1. The second-order valence-electron chi connectivity index (χ2n) is 8.56. The number of ether oxygens (including phenoxy) is 1. The molecule has 4 rings (SSSR count). The van der Waals surface area contributed by atoms with Gasteiger partial charge < -0.3 is 14.2 Å². The molecule has 1 atom stereocenters. The third kappa shape index (κ3) is 4.69. The minimum absolute atomic E-state index is 0.0179. The van der Waals surface area contributed by atoms with Crippen LogP contribution in [0.5, 0.6) is 0 Å². The average Bonchev–Trinajstić information content (AvgIpc) is 3.17. The van der Waals surface area contributed by atoms with Crippen molar-refractivity contribution in [2.24, 2.45) is 0 Å². The minimum atomic E-state index is -4.55. The van der Waals surface area contributed by atoms with E-state index in [-0.39, 0.29) is 34.5 Å². The van der Waals surface area contributed by atoms with Crippen molar-refractivity contribution in [3.8, 4) is 0 Å². The number of halogens is 3. The zero-order valence-corrected chi connectivity index (χ0v) is 17.7. The summed E-state index contributed by atoms with van der Waals surface area (Å²) in [7, 11) is 0. The number of fused-ring (bicyclic) bond motifs is 1. The Balaban J connectivity index is 1.60. The molecular formula is C21H27F3N4O3. The molecule has 1 amide bonds. The Kier molecular flexibility index (Phi) is 6.20. The highest BCUT2D eigenvalue weighted by Crippen LogP contribution is 2.40. The van der Waals surface area contributed by atoms with Crippen LogP contribution in [0.25, 0.3) is 11.1 Å². The van der Waals surface area contributed by atoms with Gasteiger partial charge in [0.05, 0.1) is 36.4 Å². The van der Waals surface area contributed by atoms with Gasteiger partial charge in [-0.1, -0.05) is 19.0 Å². The number of likely N-dealkylation sites (tertiary alicyclic amines) is 1. The smallest absolute Gasteiger partial charge is 0.379 e. The van der Waals surface area contributed by atoms with Gasteiger partial charge >= 0.3 is 6.18 Å². The fourth-order valence-corrected chi connectivity index (χ4v) is 4.27. The summed E-state index contributed by atoms with van der Waals surface area (Å²) in [5, 5.41) is 3.92. The Labute approximate surface area is 178 Å². The van der Waals surface area contributed by atoms with Crippen molar-refractivity contribution in [1.82, 2.24) is 19.9 Å². The molecular weight excluding hydrogens is 413 g/mol. The summed E-state index contributed by atoms with van der Waals surface area (Å²) in [6.07, 6.45) is -3.20. The van der Waals surface area contributed by atoms with Crippen molar-refractivity contribution < 1.29 is 27.2 Å². The first kappa shape index (κ1) is 22.0. The van der Waals surface area contributed by atoms with Gasteiger partial charge in [0, 0.05) is 37.8 Å². The summed E-state index contributed by atoms with van der Waals surface area (Å²) in [5.74, 6) is -0.519. The van der Waals surface area contributed by atoms with Crippen molar-refractivity contribution in [2.75, 3.05) is 45.9 Å². The summed E-state index contributed by atoms with van der Waals surface area (Å²) in [6.45, 7) is 7.40. The number of nitrogens with zero attached hydrogens (tertiary/aromatic N) is 4. The van der Waals surface area contributed by atoms with Crippen LogP contribution in [-0.4, -0.2) is 71.8 Å². The summed E-state index contributed by atoms with van der Waals surface area (Å²) in [5.41, 5.74) is -0.304. The van der Waals surface area contributed by atoms with E-state index in [0.717, 1.165) is 6.07 Å². The molecule has 0 saturated carbocycles. The zero-order valence-electron chi connectivity index (χ0n) is 17.7. The van der Waals surface area contributed by atoms with Gasteiger partial charge in [0.1, 0.15) is 0 Å². The van der Waals surface area contributed by atoms with E-state index in [0.29, 0.717) is 64.5 Å². The van der Waals surface area contributed by atoms with Crippen molar-refractivity contribution in [2.45, 2.75) is 44.7 Å². The molecule has 10 heteroatoms. The molecule has 7 nitrogen and oxygen atoms in total. The molecule has 2 aromatic heterocycles. The average molecular weight is 440 g/mol. The molecule has 0 aliphatic carbocycles. The quantitative estimate of drug-likeness (QED) is 0.726. The molecule has 0 unspecified atom stereocenters. The first-order chi connectivity index (χ1) is 14.7. The van der Waals surface area contributed by atoms with Gasteiger partial charge in [-0.2, -0.15) is 13.2 Å². The number of amides is 1. The van der Waals surface area contributed by atoms with E-state index in [1.54, 1.807) is 18.7 Å². The standard InChI is InChI=1S/C21H27F3N4O3/c1-13(2)16-10-15(21(22,23)24)18-19(26-31-20(18)25-16)14-4-3-5-28(11-14)17(29)12-27-6-8-30-9-7-27/h10,13-14H,3-9,11-12H2,1-2H3/t14-/m1/s1. The van der Waals surface area contributed by atoms with Crippen molar-refractivity contribution in [3.63, 3.8) is 0 Å². The molecule has 0 N–H and O–H groups in total. The predicted molar refractivity (Wildman–Crippen MR) is 107 cm³/mol. The maximum Gasteiger partial charge on any atom is 0.417 e. The van der Waals surface area contributed by atoms with E-state index >= 15 is 0 Å². The van der Waals surface area contributed by atoms with Gasteiger partial charge in [-0.3, -0.25) is 9.69 Å². The predicted octanol–water partition coefficient (Wildman–Crippen LogP) is 3.40. The van der Waals surface area contributed by atoms with Gasteiger partial charge in [-0.05, 0) is 24.8 Å². The number of aromatic nitrogens is 2. The highest BCUT2D eigenvalue weighted by Gasteiger charge is 2.38. The van der Waals surface area contributed by atoms with E-state index in [4.69, 9.17) is 9.26 Å². The SMILES string of the molecule is CC(C)c1cc(C(F)(F)F)c2c([C@@H]3CCCN(C(=O)CN4CCOCC4)C3)noc2n1. The lowest BCUT2D eigenvalue weighted by Gasteiger charge is -2.34. The normalized spacial score (nSPS) is 21.2. The number of hydrogen-bond donors (Lipinski definition) is 0. The third-order valence-electron chi connectivity index (χ3n) is 6.01. The lowest BCUT2D eigenvalue weighted by molar-refractivity contribution is -0.137. The molecule has 0 bridgehead atoms. The van der Waals surface area contributed by atoms with Crippen LogP contribution in [0.4, 0.5) is 13.2 Å². The van der Waals surface area contributed by atoms with E-state index in [2.05, 4.69) is 10.1 Å². The second kappa shape index (κ2) is 8.74. The van der Waals surface area contributed by atoms with Crippen LogP contribution < -0.4 is 0 Å². The molecule has 0 radical (unpaired) electrons. The molecule has 2 saturated heterocycles. The van der Waals surface area contributed by atoms with Crippen LogP contribution in [0.3, 0.4) is 0 Å². The van der Waals surface area contributed by atoms with Gasteiger partial charge in [-0.15, -0.1) is 0 Å². The van der Waals surface area contributed by atoms with Gasteiger partial charge in [0.15, 0.2) is 0 Å². The van der Waals surface area contributed by atoms with E-state index < -0.39 is 11.7 Å². The van der Waals surface area contributed by atoms with E-state index in [9.17, 15) is 18.0 Å². The largest absolute Gasteiger partial charge is 0.417 e. The Bertz CT molecular complexity index is 938. The van der Waals surface area contributed by atoms with Crippen LogP contribution in [0.2, 0.25) is 0 Å². The highest BCUT2D eigenvalue weighted by atomic mass is 19.4. The van der Waals surface area contributed by atoms with Gasteiger partial charge in [0.2, 0.25) is 5.91 Å². The van der Waals surface area contributed by atoms with Crippen molar-refractivity contribution >= 4 is 17.0 Å². The number of hydrogen-bond acceptors (Lipinski definition) is 6. The summed E-state index contributed by atoms with van der Waals surface area (Å²) in [6, 6.07) is 1.10. The number of piperidine rings is 1. The molecule has 2 aliphatic rings. The molecule has 2 aliphatic heterocycles. The van der Waals surface area contributed by atoms with Crippen LogP contribution in [0.15, 0.2) is 10.6 Å². The molecule has 4 heterocycles. The fraction of sp³-hybridized carbons (Fsp3) is 0.667. The summed E-state index contributed by atoms with van der Waals surface area (Å²) >= 11 is 0. The third-order valence-corrected chi connectivity index (χ3v) is 6.01.